The van der Waals surface area contributed by atoms with E-state index < -0.39 is 0 Å². The first-order chi connectivity index (χ1) is 7.76. The summed E-state index contributed by atoms with van der Waals surface area (Å²) in [6.07, 6.45) is 1.08. The maximum atomic E-state index is 8.91. The second-order valence-electron chi connectivity index (χ2n) is 4.00. The number of hydrogen-bond acceptors (Lipinski definition) is 4. The molecule has 16 heavy (non-hydrogen) atoms. The normalized spacial score (nSPS) is 12.2. The van der Waals surface area contributed by atoms with Crippen molar-refractivity contribution in [2.75, 3.05) is 30.3 Å². The van der Waals surface area contributed by atoms with E-state index in [-0.39, 0.29) is 12.5 Å². The van der Waals surface area contributed by atoms with Crippen molar-refractivity contribution in [2.24, 2.45) is 5.92 Å². The highest BCUT2D eigenvalue weighted by Crippen LogP contribution is 2.09. The molecular weight excluding hydrogens is 202 g/mol. The first-order valence-electron chi connectivity index (χ1n) is 5.82. The van der Waals surface area contributed by atoms with Crippen LogP contribution in [0.25, 0.3) is 0 Å². The van der Waals surface area contributed by atoms with E-state index in [4.69, 9.17) is 5.11 Å². The van der Waals surface area contributed by atoms with Gasteiger partial charge in [-0.25, -0.2) is 4.98 Å². The lowest BCUT2D eigenvalue weighted by atomic mass is 10.2. The van der Waals surface area contributed by atoms with E-state index in [2.05, 4.69) is 22.5 Å². The maximum absolute atomic E-state index is 8.91. The molecule has 0 aliphatic rings. The lowest BCUT2D eigenvalue weighted by molar-refractivity contribution is 0.244. The third kappa shape index (κ3) is 4.49. The highest BCUT2D eigenvalue weighted by Gasteiger charge is 2.00. The molecule has 0 saturated carbocycles. The average Bonchev–Trinajstić information content (AvgIpc) is 2.34. The van der Waals surface area contributed by atoms with Gasteiger partial charge in [0.1, 0.15) is 11.6 Å². The Hall–Kier alpha value is -1.29. The molecule has 0 aliphatic carbocycles. The zero-order valence-corrected chi connectivity index (χ0v) is 10.0. The second kappa shape index (κ2) is 7.06. The van der Waals surface area contributed by atoms with E-state index in [0.29, 0.717) is 0 Å². The first-order valence-corrected chi connectivity index (χ1v) is 5.82. The molecule has 4 nitrogen and oxygen atoms in total. The van der Waals surface area contributed by atoms with Gasteiger partial charge < -0.3 is 15.7 Å². The number of hydrogen-bond donors (Lipinski definition) is 3. The van der Waals surface area contributed by atoms with Gasteiger partial charge in [0.2, 0.25) is 0 Å². The number of aliphatic hydroxyl groups is 1. The highest BCUT2D eigenvalue weighted by atomic mass is 16.3. The lowest BCUT2D eigenvalue weighted by Gasteiger charge is -2.11. The van der Waals surface area contributed by atoms with Crippen molar-refractivity contribution in [3.8, 4) is 0 Å². The van der Waals surface area contributed by atoms with Gasteiger partial charge in [-0.15, -0.1) is 0 Å². The van der Waals surface area contributed by atoms with Gasteiger partial charge in [0.25, 0.3) is 0 Å². The summed E-state index contributed by atoms with van der Waals surface area (Å²) in [7, 11) is 0. The fourth-order valence-electron chi connectivity index (χ4n) is 1.23. The number of pyridine rings is 1. The topological polar surface area (TPSA) is 57.2 Å². The van der Waals surface area contributed by atoms with Crippen LogP contribution in [0.1, 0.15) is 20.3 Å². The van der Waals surface area contributed by atoms with Crippen molar-refractivity contribution in [2.45, 2.75) is 20.3 Å². The van der Waals surface area contributed by atoms with Crippen molar-refractivity contribution in [1.29, 1.82) is 0 Å². The van der Waals surface area contributed by atoms with Crippen LogP contribution in [-0.4, -0.2) is 29.8 Å². The van der Waals surface area contributed by atoms with Gasteiger partial charge in [0, 0.05) is 19.7 Å². The number of aromatic nitrogens is 1. The van der Waals surface area contributed by atoms with Gasteiger partial charge in [-0.05, 0) is 24.5 Å². The van der Waals surface area contributed by atoms with Crippen LogP contribution in [0.15, 0.2) is 18.2 Å². The van der Waals surface area contributed by atoms with Gasteiger partial charge in [-0.1, -0.05) is 19.9 Å². The number of nitrogens with zero attached hydrogens (tertiary/aromatic N) is 1. The number of nitrogens with one attached hydrogen (secondary N) is 2. The van der Waals surface area contributed by atoms with Gasteiger partial charge in [0.15, 0.2) is 0 Å². The summed E-state index contributed by atoms with van der Waals surface area (Å²) in [5.74, 6) is 1.99. The number of aliphatic hydroxyl groups excluding tert-OH is 1. The molecule has 1 aromatic rings. The Morgan fingerprint density at radius 2 is 2.00 bits per heavy atom. The molecule has 3 N–H and O–H groups in total. The quantitative estimate of drug-likeness (QED) is 0.661. The molecule has 4 heteroatoms. The Morgan fingerprint density at radius 3 is 2.62 bits per heavy atom. The lowest BCUT2D eigenvalue weighted by Crippen LogP contribution is -2.15. The van der Waals surface area contributed by atoms with E-state index in [0.717, 1.165) is 31.1 Å². The van der Waals surface area contributed by atoms with Crippen molar-refractivity contribution in [3.05, 3.63) is 18.2 Å². The van der Waals surface area contributed by atoms with Gasteiger partial charge in [0.05, 0.1) is 0 Å². The minimum Gasteiger partial charge on any atom is -0.396 e. The molecule has 1 aromatic heterocycles. The van der Waals surface area contributed by atoms with Crippen molar-refractivity contribution >= 4 is 11.6 Å². The molecule has 0 saturated heterocycles. The van der Waals surface area contributed by atoms with Gasteiger partial charge in [-0.3, -0.25) is 0 Å². The molecule has 1 atom stereocenters. The number of rotatable bonds is 7. The van der Waals surface area contributed by atoms with Gasteiger partial charge in [-0.2, -0.15) is 0 Å². The van der Waals surface area contributed by atoms with Crippen molar-refractivity contribution in [1.82, 2.24) is 4.98 Å². The Kier molecular flexibility index (Phi) is 5.64. The molecule has 90 valence electrons. The molecular formula is C12H21N3O. The minimum atomic E-state index is 0.195. The zero-order valence-electron chi connectivity index (χ0n) is 10.0. The SMILES string of the molecule is CCCNc1cccc(NCC(C)CO)n1. The van der Waals surface area contributed by atoms with Crippen molar-refractivity contribution < 1.29 is 5.11 Å². The van der Waals surface area contributed by atoms with Crippen LogP contribution in [0.5, 0.6) is 0 Å². The fraction of sp³-hybridized carbons (Fsp3) is 0.583. The monoisotopic (exact) mass is 223 g/mol. The Labute approximate surface area is 97.1 Å². The van der Waals surface area contributed by atoms with Crippen LogP contribution in [-0.2, 0) is 0 Å². The Morgan fingerprint density at radius 1 is 1.31 bits per heavy atom. The third-order valence-corrected chi connectivity index (χ3v) is 2.25. The summed E-state index contributed by atoms with van der Waals surface area (Å²) in [5, 5.41) is 15.3. The van der Waals surface area contributed by atoms with E-state index >= 15 is 0 Å². The highest BCUT2D eigenvalue weighted by molar-refractivity contribution is 5.44. The molecule has 0 radical (unpaired) electrons. The molecule has 0 spiro atoms. The van der Waals surface area contributed by atoms with Crippen molar-refractivity contribution in [3.63, 3.8) is 0 Å². The van der Waals surface area contributed by atoms with Gasteiger partial charge >= 0.3 is 0 Å². The molecule has 0 amide bonds. The molecule has 0 aliphatic heterocycles. The Bertz CT molecular complexity index is 304. The molecule has 0 bridgehead atoms. The van der Waals surface area contributed by atoms with Crippen LogP contribution in [0.2, 0.25) is 0 Å². The molecule has 1 unspecified atom stereocenters. The zero-order chi connectivity index (χ0) is 11.8. The third-order valence-electron chi connectivity index (χ3n) is 2.25. The predicted octanol–water partition coefficient (Wildman–Crippen LogP) is 1.94. The Balaban J connectivity index is 2.46. The minimum absolute atomic E-state index is 0.195. The van der Waals surface area contributed by atoms with E-state index in [1.165, 1.54) is 0 Å². The van der Waals surface area contributed by atoms with E-state index in [1.807, 2.05) is 25.1 Å². The molecule has 1 heterocycles. The molecule has 0 fully saturated rings. The van der Waals surface area contributed by atoms with E-state index in [1.54, 1.807) is 0 Å². The summed E-state index contributed by atoms with van der Waals surface area (Å²) in [6, 6.07) is 5.86. The van der Waals surface area contributed by atoms with Crippen LogP contribution in [0.4, 0.5) is 11.6 Å². The summed E-state index contributed by atoms with van der Waals surface area (Å²) in [4.78, 5) is 4.41. The van der Waals surface area contributed by atoms with E-state index in [9.17, 15) is 0 Å². The molecule has 0 aromatic carbocycles. The largest absolute Gasteiger partial charge is 0.396 e. The summed E-state index contributed by atoms with van der Waals surface area (Å²) in [5.41, 5.74) is 0. The van der Waals surface area contributed by atoms with Crippen LogP contribution in [0, 0.1) is 5.92 Å². The fourth-order valence-corrected chi connectivity index (χ4v) is 1.23. The van der Waals surface area contributed by atoms with Crippen LogP contribution >= 0.6 is 0 Å². The molecule has 1 rings (SSSR count). The smallest absolute Gasteiger partial charge is 0.128 e. The standard InChI is InChI=1S/C12H21N3O/c1-3-7-13-11-5-4-6-12(15-11)14-8-10(2)9-16/h4-6,10,16H,3,7-9H2,1-2H3,(H2,13,14,15). The first kappa shape index (κ1) is 12.8. The number of anilines is 2. The van der Waals surface area contributed by atoms with Crippen LogP contribution < -0.4 is 10.6 Å². The average molecular weight is 223 g/mol. The maximum Gasteiger partial charge on any atom is 0.128 e. The predicted molar refractivity (Wildman–Crippen MR) is 67.8 cm³/mol. The summed E-state index contributed by atoms with van der Waals surface area (Å²) < 4.78 is 0. The summed E-state index contributed by atoms with van der Waals surface area (Å²) in [6.45, 7) is 5.98. The second-order valence-corrected chi connectivity index (χ2v) is 4.00. The summed E-state index contributed by atoms with van der Waals surface area (Å²) >= 11 is 0. The van der Waals surface area contributed by atoms with Crippen LogP contribution in [0.3, 0.4) is 0 Å².